The van der Waals surface area contributed by atoms with Crippen LogP contribution in [-0.2, 0) is 4.74 Å². The third-order valence-corrected chi connectivity index (χ3v) is 2.81. The first-order valence-corrected chi connectivity index (χ1v) is 5.29. The molecule has 3 rings (SSSR count). The highest BCUT2D eigenvalue weighted by molar-refractivity contribution is 5.78. The number of hydrogen-bond donors (Lipinski definition) is 3. The highest BCUT2D eigenvalue weighted by Gasteiger charge is 2.23. The first kappa shape index (κ1) is 10.2. The summed E-state index contributed by atoms with van der Waals surface area (Å²) in [7, 11) is 0. The third kappa shape index (κ3) is 1.58. The van der Waals surface area contributed by atoms with E-state index in [0.717, 1.165) is 5.56 Å². The molecule has 88 valence electrons. The van der Waals surface area contributed by atoms with E-state index >= 15 is 0 Å². The van der Waals surface area contributed by atoms with Crippen molar-refractivity contribution in [2.24, 2.45) is 0 Å². The van der Waals surface area contributed by atoms with Crippen LogP contribution in [0.4, 0.5) is 0 Å². The van der Waals surface area contributed by atoms with Gasteiger partial charge in [-0.2, -0.15) is 0 Å². The number of aliphatic hydroxyl groups excluding tert-OH is 1. The Morgan fingerprint density at radius 1 is 1.41 bits per heavy atom. The van der Waals surface area contributed by atoms with Gasteiger partial charge in [-0.05, 0) is 0 Å². The molecule has 0 bridgehead atoms. The molecule has 1 aliphatic heterocycles. The van der Waals surface area contributed by atoms with Crippen molar-refractivity contribution >= 4 is 11.0 Å². The Morgan fingerprint density at radius 2 is 2.29 bits per heavy atom. The molecule has 0 aromatic carbocycles. The zero-order valence-electron chi connectivity index (χ0n) is 8.88. The monoisotopic (exact) mass is 233 g/mol. The van der Waals surface area contributed by atoms with Crippen LogP contribution < -0.4 is 5.56 Å². The lowest BCUT2D eigenvalue weighted by Gasteiger charge is -2.10. The minimum absolute atomic E-state index is 0.0522. The van der Waals surface area contributed by atoms with Crippen molar-refractivity contribution in [3.8, 4) is 0 Å². The van der Waals surface area contributed by atoms with E-state index in [4.69, 9.17) is 9.84 Å². The fourth-order valence-corrected chi connectivity index (χ4v) is 1.97. The van der Waals surface area contributed by atoms with Gasteiger partial charge in [0.15, 0.2) is 0 Å². The highest BCUT2D eigenvalue weighted by atomic mass is 16.5. The van der Waals surface area contributed by atoms with Crippen LogP contribution in [0.25, 0.3) is 11.0 Å². The number of rotatable bonds is 2. The largest absolute Gasteiger partial charge is 0.393 e. The molecule has 2 aromatic rings. The van der Waals surface area contributed by atoms with E-state index in [-0.39, 0.29) is 24.4 Å². The molecule has 0 amide bonds. The van der Waals surface area contributed by atoms with Crippen LogP contribution in [0.1, 0.15) is 11.7 Å². The van der Waals surface area contributed by atoms with Gasteiger partial charge in [-0.25, -0.2) is 4.98 Å². The van der Waals surface area contributed by atoms with Crippen LogP contribution in [0.15, 0.2) is 29.5 Å². The number of fused-ring (bicyclic) bond motifs is 1. The summed E-state index contributed by atoms with van der Waals surface area (Å²) in [5.41, 5.74) is 1.63. The maximum atomic E-state index is 11.5. The molecule has 0 saturated carbocycles. The molecule has 0 aliphatic carbocycles. The second-order valence-corrected chi connectivity index (χ2v) is 3.86. The Labute approximate surface area is 96.0 Å². The van der Waals surface area contributed by atoms with Crippen LogP contribution in [-0.4, -0.2) is 32.8 Å². The van der Waals surface area contributed by atoms with Crippen LogP contribution in [0.2, 0.25) is 0 Å². The minimum atomic E-state index is -0.285. The molecule has 0 radical (unpaired) electrons. The number of nitrogens with one attached hydrogen (secondary N) is 2. The van der Waals surface area contributed by atoms with Crippen molar-refractivity contribution in [1.29, 1.82) is 0 Å². The summed E-state index contributed by atoms with van der Waals surface area (Å²) in [6.45, 7) is -0.0522. The number of ether oxygens (including phenoxy) is 1. The Hall–Kier alpha value is -1.92. The van der Waals surface area contributed by atoms with Gasteiger partial charge in [0.05, 0.1) is 19.0 Å². The normalized spacial score (nSPS) is 23.6. The second kappa shape index (κ2) is 3.83. The average Bonchev–Trinajstić information content (AvgIpc) is 2.94. The van der Waals surface area contributed by atoms with Crippen molar-refractivity contribution in [3.05, 3.63) is 40.6 Å². The molecule has 2 atom stereocenters. The summed E-state index contributed by atoms with van der Waals surface area (Å²) in [6, 6.07) is 0. The molecule has 0 unspecified atom stereocenters. The second-order valence-electron chi connectivity index (χ2n) is 3.86. The first-order chi connectivity index (χ1) is 8.29. The van der Waals surface area contributed by atoms with E-state index in [2.05, 4.69) is 15.0 Å². The quantitative estimate of drug-likeness (QED) is 0.648. The van der Waals surface area contributed by atoms with Crippen LogP contribution in [0, 0.1) is 0 Å². The highest BCUT2D eigenvalue weighted by Crippen LogP contribution is 2.29. The summed E-state index contributed by atoms with van der Waals surface area (Å²) in [4.78, 5) is 21.0. The summed E-state index contributed by atoms with van der Waals surface area (Å²) in [5.74, 6) is 0. The topological polar surface area (TPSA) is 91.0 Å². The predicted molar refractivity (Wildman–Crippen MR) is 60.6 cm³/mol. The number of aliphatic hydroxyl groups is 1. The predicted octanol–water partition coefficient (Wildman–Crippen LogP) is 0.240. The summed E-state index contributed by atoms with van der Waals surface area (Å²) in [6.07, 6.45) is 6.18. The van der Waals surface area contributed by atoms with Crippen LogP contribution >= 0.6 is 0 Å². The lowest BCUT2D eigenvalue weighted by atomic mass is 10.1. The van der Waals surface area contributed by atoms with Gasteiger partial charge in [-0.3, -0.25) is 4.79 Å². The number of hydrogen-bond acceptors (Lipinski definition) is 4. The fraction of sp³-hybridized carbons (Fsp3) is 0.273. The van der Waals surface area contributed by atoms with Crippen molar-refractivity contribution in [2.75, 3.05) is 6.61 Å². The van der Waals surface area contributed by atoms with Gasteiger partial charge in [0.2, 0.25) is 0 Å². The lowest BCUT2D eigenvalue weighted by Crippen LogP contribution is -2.11. The molecule has 0 spiro atoms. The molecule has 2 aromatic heterocycles. The molecule has 0 saturated heterocycles. The molecule has 0 fully saturated rings. The van der Waals surface area contributed by atoms with E-state index in [1.54, 1.807) is 12.3 Å². The van der Waals surface area contributed by atoms with Gasteiger partial charge >= 0.3 is 0 Å². The molecular weight excluding hydrogens is 222 g/mol. The summed E-state index contributed by atoms with van der Waals surface area (Å²) >= 11 is 0. The molecule has 6 heteroatoms. The van der Waals surface area contributed by atoms with Gasteiger partial charge in [0.25, 0.3) is 5.56 Å². The Kier molecular flexibility index (Phi) is 2.31. The number of nitrogens with zero attached hydrogens (tertiary/aromatic N) is 1. The molecule has 17 heavy (non-hydrogen) atoms. The van der Waals surface area contributed by atoms with Gasteiger partial charge in [-0.1, -0.05) is 12.2 Å². The zero-order valence-corrected chi connectivity index (χ0v) is 8.88. The van der Waals surface area contributed by atoms with Crippen LogP contribution in [0.3, 0.4) is 0 Å². The number of aromatic nitrogens is 3. The van der Waals surface area contributed by atoms with E-state index in [1.165, 1.54) is 6.33 Å². The minimum Gasteiger partial charge on any atom is -0.393 e. The van der Waals surface area contributed by atoms with Gasteiger partial charge in [-0.15, -0.1) is 0 Å². The maximum absolute atomic E-state index is 11.5. The zero-order chi connectivity index (χ0) is 11.8. The molecule has 3 N–H and O–H groups in total. The third-order valence-electron chi connectivity index (χ3n) is 2.81. The smallest absolute Gasteiger partial charge is 0.275 e. The van der Waals surface area contributed by atoms with Gasteiger partial charge < -0.3 is 19.8 Å². The molecular formula is C11H11N3O3. The SMILES string of the molecule is O=c1[nH]cnc2c([C@H]3C=C[C@@H](CO)O3)c[nH]c12. The first-order valence-electron chi connectivity index (χ1n) is 5.29. The maximum Gasteiger partial charge on any atom is 0.275 e. The number of aromatic amines is 2. The van der Waals surface area contributed by atoms with Crippen molar-refractivity contribution in [1.82, 2.24) is 15.0 Å². The fourth-order valence-electron chi connectivity index (χ4n) is 1.97. The van der Waals surface area contributed by atoms with Crippen LogP contribution in [0.5, 0.6) is 0 Å². The van der Waals surface area contributed by atoms with Crippen molar-refractivity contribution in [3.63, 3.8) is 0 Å². The van der Waals surface area contributed by atoms with Crippen molar-refractivity contribution < 1.29 is 9.84 Å². The standard InChI is InChI=1S/C11H11N3O3/c15-4-6-1-2-8(17-6)7-3-12-10-9(7)13-5-14-11(10)16/h1-3,5-6,8,12,15H,4H2,(H,13,14,16)/t6-,8+/m0/s1. The van der Waals surface area contributed by atoms with E-state index < -0.39 is 0 Å². The average molecular weight is 233 g/mol. The lowest BCUT2D eigenvalue weighted by molar-refractivity contribution is 0.0257. The molecule has 1 aliphatic rings. The van der Waals surface area contributed by atoms with E-state index in [0.29, 0.717) is 11.0 Å². The summed E-state index contributed by atoms with van der Waals surface area (Å²) < 4.78 is 5.57. The van der Waals surface area contributed by atoms with E-state index in [9.17, 15) is 4.79 Å². The van der Waals surface area contributed by atoms with E-state index in [1.807, 2.05) is 6.08 Å². The molecule has 6 nitrogen and oxygen atoms in total. The van der Waals surface area contributed by atoms with Gasteiger partial charge in [0.1, 0.15) is 17.1 Å². The van der Waals surface area contributed by atoms with Gasteiger partial charge in [0, 0.05) is 11.8 Å². The Morgan fingerprint density at radius 3 is 3.06 bits per heavy atom. The Balaban J connectivity index is 2.05. The number of H-pyrrole nitrogens is 2. The molecule has 3 heterocycles. The Bertz CT molecular complexity index is 628. The summed E-state index contributed by atoms with van der Waals surface area (Å²) in [5, 5.41) is 8.98. The van der Waals surface area contributed by atoms with Crippen molar-refractivity contribution in [2.45, 2.75) is 12.2 Å².